The first-order valence-corrected chi connectivity index (χ1v) is 3.74. The predicted molar refractivity (Wildman–Crippen MR) is 39.8 cm³/mol. The van der Waals surface area contributed by atoms with Crippen LogP contribution in [0.3, 0.4) is 0 Å². The van der Waals surface area contributed by atoms with Crippen LogP contribution in [0, 0.1) is 6.92 Å². The van der Waals surface area contributed by atoms with E-state index in [-0.39, 0.29) is 0 Å². The zero-order chi connectivity index (χ0) is 6.69. The Kier molecular flexibility index (Phi) is 2.25. The van der Waals surface area contributed by atoms with Crippen LogP contribution in [-0.4, -0.2) is 7.11 Å². The van der Waals surface area contributed by atoms with Crippen LogP contribution in [0.2, 0.25) is 0 Å². The summed E-state index contributed by atoms with van der Waals surface area (Å²) in [5, 5.41) is 2.13. The van der Waals surface area contributed by atoms with Crippen LogP contribution in [0.15, 0.2) is 11.4 Å². The Hall–Kier alpha value is -0.340. The second kappa shape index (κ2) is 2.99. The molecule has 1 heterocycles. The molecule has 0 saturated heterocycles. The standard InChI is InChI=1S/C7H10OS/c1-6-3-7(4-8-2)9-5-6/h3,5H,4H2,1-2H3. The lowest BCUT2D eigenvalue weighted by Gasteiger charge is -1.89. The largest absolute Gasteiger partial charge is 0.379 e. The van der Waals surface area contributed by atoms with E-state index in [1.807, 2.05) is 0 Å². The van der Waals surface area contributed by atoms with E-state index in [0.717, 1.165) is 6.61 Å². The van der Waals surface area contributed by atoms with Gasteiger partial charge < -0.3 is 4.74 Å². The molecule has 0 radical (unpaired) electrons. The average Bonchev–Trinajstić information content (AvgIpc) is 2.17. The highest BCUT2D eigenvalue weighted by atomic mass is 32.1. The molecule has 50 valence electrons. The summed E-state index contributed by atoms with van der Waals surface area (Å²) in [4.78, 5) is 1.30. The van der Waals surface area contributed by atoms with Crippen molar-refractivity contribution in [2.45, 2.75) is 13.5 Å². The molecular weight excluding hydrogens is 132 g/mol. The first-order chi connectivity index (χ1) is 4.33. The topological polar surface area (TPSA) is 9.23 Å². The Morgan fingerprint density at radius 2 is 2.44 bits per heavy atom. The minimum atomic E-state index is 0.749. The van der Waals surface area contributed by atoms with E-state index in [1.165, 1.54) is 10.4 Å². The maximum Gasteiger partial charge on any atom is 0.0805 e. The zero-order valence-electron chi connectivity index (χ0n) is 5.68. The summed E-state index contributed by atoms with van der Waals surface area (Å²) in [6.07, 6.45) is 0. The Morgan fingerprint density at radius 1 is 1.67 bits per heavy atom. The van der Waals surface area contributed by atoms with Crippen molar-refractivity contribution in [1.82, 2.24) is 0 Å². The monoisotopic (exact) mass is 142 g/mol. The van der Waals surface area contributed by atoms with Gasteiger partial charge in [0.1, 0.15) is 0 Å². The second-order valence-corrected chi connectivity index (χ2v) is 3.02. The number of ether oxygens (including phenoxy) is 1. The molecule has 1 nitrogen and oxygen atoms in total. The van der Waals surface area contributed by atoms with Gasteiger partial charge in [-0.25, -0.2) is 0 Å². The Bertz CT molecular complexity index is 181. The van der Waals surface area contributed by atoms with E-state index in [1.54, 1.807) is 18.4 Å². The number of methoxy groups -OCH3 is 1. The van der Waals surface area contributed by atoms with Crippen molar-refractivity contribution < 1.29 is 4.74 Å². The van der Waals surface area contributed by atoms with Gasteiger partial charge in [-0.15, -0.1) is 11.3 Å². The lowest BCUT2D eigenvalue weighted by atomic mass is 10.3. The lowest BCUT2D eigenvalue weighted by Crippen LogP contribution is -1.79. The molecule has 0 aliphatic carbocycles. The molecule has 0 atom stereocenters. The summed E-state index contributed by atoms with van der Waals surface area (Å²) < 4.78 is 4.95. The molecule has 0 bridgehead atoms. The van der Waals surface area contributed by atoms with Crippen molar-refractivity contribution in [2.24, 2.45) is 0 Å². The summed E-state index contributed by atoms with van der Waals surface area (Å²) in [6, 6.07) is 2.15. The number of rotatable bonds is 2. The van der Waals surface area contributed by atoms with Crippen LogP contribution >= 0.6 is 11.3 Å². The summed E-state index contributed by atoms with van der Waals surface area (Å²) in [7, 11) is 1.72. The fourth-order valence-electron chi connectivity index (χ4n) is 0.709. The number of hydrogen-bond acceptors (Lipinski definition) is 2. The molecule has 0 amide bonds. The van der Waals surface area contributed by atoms with Crippen LogP contribution in [0.5, 0.6) is 0 Å². The first-order valence-electron chi connectivity index (χ1n) is 2.86. The van der Waals surface area contributed by atoms with E-state index in [4.69, 9.17) is 4.74 Å². The molecule has 0 unspecified atom stereocenters. The highest BCUT2D eigenvalue weighted by Gasteiger charge is 1.92. The summed E-state index contributed by atoms with van der Waals surface area (Å²) in [5.41, 5.74) is 1.33. The molecule has 0 saturated carbocycles. The summed E-state index contributed by atoms with van der Waals surface area (Å²) in [5.74, 6) is 0. The van der Waals surface area contributed by atoms with Crippen LogP contribution in [0.4, 0.5) is 0 Å². The maximum atomic E-state index is 4.95. The molecule has 0 fully saturated rings. The Labute approximate surface area is 59.3 Å². The highest BCUT2D eigenvalue weighted by Crippen LogP contribution is 2.13. The van der Waals surface area contributed by atoms with Gasteiger partial charge in [-0.05, 0) is 23.9 Å². The van der Waals surface area contributed by atoms with E-state index >= 15 is 0 Å². The van der Waals surface area contributed by atoms with E-state index < -0.39 is 0 Å². The molecule has 2 heteroatoms. The molecule has 0 aliphatic rings. The van der Waals surface area contributed by atoms with Crippen LogP contribution < -0.4 is 0 Å². The highest BCUT2D eigenvalue weighted by molar-refractivity contribution is 7.10. The Morgan fingerprint density at radius 3 is 2.89 bits per heavy atom. The fourth-order valence-corrected chi connectivity index (χ4v) is 1.55. The van der Waals surface area contributed by atoms with E-state index in [0.29, 0.717) is 0 Å². The van der Waals surface area contributed by atoms with Gasteiger partial charge in [-0.3, -0.25) is 0 Å². The first kappa shape index (κ1) is 6.78. The molecule has 0 aliphatic heterocycles. The lowest BCUT2D eigenvalue weighted by molar-refractivity contribution is 0.187. The third-order valence-corrected chi connectivity index (χ3v) is 2.10. The van der Waals surface area contributed by atoms with Gasteiger partial charge in [0, 0.05) is 12.0 Å². The molecule has 1 aromatic heterocycles. The van der Waals surface area contributed by atoms with Crippen LogP contribution in [-0.2, 0) is 11.3 Å². The number of thiophene rings is 1. The van der Waals surface area contributed by atoms with Crippen molar-refractivity contribution in [3.63, 3.8) is 0 Å². The van der Waals surface area contributed by atoms with Crippen molar-refractivity contribution in [3.05, 3.63) is 21.9 Å². The molecule has 0 spiro atoms. The van der Waals surface area contributed by atoms with Gasteiger partial charge in [-0.1, -0.05) is 0 Å². The van der Waals surface area contributed by atoms with Gasteiger partial charge in [0.05, 0.1) is 6.61 Å². The normalized spacial score (nSPS) is 10.0. The van der Waals surface area contributed by atoms with Gasteiger partial charge in [0.2, 0.25) is 0 Å². The molecule has 0 N–H and O–H groups in total. The number of aryl methyl sites for hydroxylation is 1. The van der Waals surface area contributed by atoms with Gasteiger partial charge in [0.15, 0.2) is 0 Å². The van der Waals surface area contributed by atoms with E-state index in [9.17, 15) is 0 Å². The quantitative estimate of drug-likeness (QED) is 0.615. The maximum absolute atomic E-state index is 4.95. The molecule has 0 aromatic carbocycles. The third-order valence-electron chi connectivity index (χ3n) is 1.07. The minimum absolute atomic E-state index is 0.749. The van der Waals surface area contributed by atoms with Crippen molar-refractivity contribution in [1.29, 1.82) is 0 Å². The van der Waals surface area contributed by atoms with Crippen molar-refractivity contribution in [3.8, 4) is 0 Å². The fraction of sp³-hybridized carbons (Fsp3) is 0.429. The second-order valence-electron chi connectivity index (χ2n) is 2.02. The average molecular weight is 142 g/mol. The molecular formula is C7H10OS. The van der Waals surface area contributed by atoms with Gasteiger partial charge in [-0.2, -0.15) is 0 Å². The van der Waals surface area contributed by atoms with Crippen LogP contribution in [0.25, 0.3) is 0 Å². The van der Waals surface area contributed by atoms with E-state index in [2.05, 4.69) is 18.4 Å². The smallest absolute Gasteiger partial charge is 0.0805 e. The van der Waals surface area contributed by atoms with Crippen molar-refractivity contribution >= 4 is 11.3 Å². The SMILES string of the molecule is COCc1cc(C)cs1. The molecule has 1 aromatic rings. The predicted octanol–water partition coefficient (Wildman–Crippen LogP) is 2.20. The summed E-state index contributed by atoms with van der Waals surface area (Å²) >= 11 is 1.75. The molecule has 9 heavy (non-hydrogen) atoms. The van der Waals surface area contributed by atoms with Gasteiger partial charge >= 0.3 is 0 Å². The zero-order valence-corrected chi connectivity index (χ0v) is 6.49. The molecule has 1 rings (SSSR count). The summed E-state index contributed by atoms with van der Waals surface area (Å²) in [6.45, 7) is 2.84. The minimum Gasteiger partial charge on any atom is -0.379 e. The van der Waals surface area contributed by atoms with Gasteiger partial charge in [0.25, 0.3) is 0 Å². The Balaban J connectivity index is 2.61. The number of hydrogen-bond donors (Lipinski definition) is 0. The van der Waals surface area contributed by atoms with Crippen LogP contribution in [0.1, 0.15) is 10.4 Å². The van der Waals surface area contributed by atoms with Crippen molar-refractivity contribution in [2.75, 3.05) is 7.11 Å². The third kappa shape index (κ3) is 1.80.